The number of H-pyrrole nitrogens is 1. The van der Waals surface area contributed by atoms with Gasteiger partial charge in [0.05, 0.1) is 5.69 Å². The highest BCUT2D eigenvalue weighted by atomic mass is 31.2. The molecule has 7 heteroatoms. The Bertz CT molecular complexity index is 266. The lowest BCUT2D eigenvalue weighted by Crippen LogP contribution is -2.10. The van der Waals surface area contributed by atoms with Crippen LogP contribution in [0.1, 0.15) is 11.5 Å². The Labute approximate surface area is 62.6 Å². The molecule has 1 aromatic rings. The molecule has 0 aliphatic rings. The van der Waals surface area contributed by atoms with Crippen LogP contribution in [0.4, 0.5) is 0 Å². The zero-order valence-electron chi connectivity index (χ0n) is 5.51. The van der Waals surface area contributed by atoms with Crippen molar-refractivity contribution in [3.05, 3.63) is 18.0 Å². The van der Waals surface area contributed by atoms with Gasteiger partial charge >= 0.3 is 7.60 Å². The Morgan fingerprint density at radius 1 is 1.73 bits per heavy atom. The van der Waals surface area contributed by atoms with Gasteiger partial charge in [-0.2, -0.15) is 5.10 Å². The summed E-state index contributed by atoms with van der Waals surface area (Å²) in [6.45, 7) is 0. The number of rotatable bonds is 2. The average Bonchev–Trinajstić information content (AvgIpc) is 2.34. The molecule has 1 unspecified atom stereocenters. The molecule has 0 amide bonds. The van der Waals surface area contributed by atoms with Gasteiger partial charge in [-0.25, -0.2) is 0 Å². The molecule has 5 N–H and O–H groups in total. The first-order valence-corrected chi connectivity index (χ1v) is 4.50. The number of nitrogens with one attached hydrogen (secondary N) is 1. The van der Waals surface area contributed by atoms with Gasteiger partial charge in [0.15, 0.2) is 0 Å². The van der Waals surface area contributed by atoms with E-state index in [0.717, 1.165) is 0 Å². The van der Waals surface area contributed by atoms with E-state index < -0.39 is 13.4 Å². The second-order valence-corrected chi connectivity index (χ2v) is 3.78. The third kappa shape index (κ3) is 1.87. The second-order valence-electron chi connectivity index (χ2n) is 2.05. The molecule has 0 bridgehead atoms. The molecule has 0 aliphatic carbocycles. The summed E-state index contributed by atoms with van der Waals surface area (Å²) in [6.07, 6.45) is 1.38. The third-order valence-electron chi connectivity index (χ3n) is 1.20. The molecule has 0 radical (unpaired) electrons. The minimum Gasteiger partial charge on any atom is -0.323 e. The van der Waals surface area contributed by atoms with Crippen LogP contribution in [0.3, 0.4) is 0 Å². The van der Waals surface area contributed by atoms with Crippen molar-refractivity contribution in [2.24, 2.45) is 5.73 Å². The fourth-order valence-corrected chi connectivity index (χ4v) is 1.12. The van der Waals surface area contributed by atoms with E-state index in [0.29, 0.717) is 0 Å². The van der Waals surface area contributed by atoms with Crippen molar-refractivity contribution < 1.29 is 14.4 Å². The van der Waals surface area contributed by atoms with Crippen molar-refractivity contribution in [3.8, 4) is 0 Å². The highest BCUT2D eigenvalue weighted by Gasteiger charge is 2.27. The Morgan fingerprint density at radius 2 is 2.36 bits per heavy atom. The van der Waals surface area contributed by atoms with Crippen molar-refractivity contribution in [3.63, 3.8) is 0 Å². The number of hydrogen-bond acceptors (Lipinski definition) is 3. The van der Waals surface area contributed by atoms with Crippen molar-refractivity contribution in [2.75, 3.05) is 0 Å². The minimum absolute atomic E-state index is 0.235. The van der Waals surface area contributed by atoms with E-state index in [9.17, 15) is 4.57 Å². The largest absolute Gasteiger partial charge is 0.348 e. The van der Waals surface area contributed by atoms with E-state index in [1.807, 2.05) is 0 Å². The highest BCUT2D eigenvalue weighted by Crippen LogP contribution is 2.47. The lowest BCUT2D eigenvalue weighted by Gasteiger charge is -2.10. The monoisotopic (exact) mass is 177 g/mol. The predicted molar refractivity (Wildman–Crippen MR) is 37.6 cm³/mol. The van der Waals surface area contributed by atoms with Gasteiger partial charge in [0.2, 0.25) is 0 Å². The highest BCUT2D eigenvalue weighted by molar-refractivity contribution is 7.52. The fourth-order valence-electron chi connectivity index (χ4n) is 0.613. The van der Waals surface area contributed by atoms with Crippen molar-refractivity contribution >= 4 is 7.60 Å². The summed E-state index contributed by atoms with van der Waals surface area (Å²) in [5.74, 6) is -1.30. The first-order valence-electron chi connectivity index (χ1n) is 2.82. The van der Waals surface area contributed by atoms with E-state index >= 15 is 0 Å². The SMILES string of the molecule is NC(c1ccn[nH]1)P(=O)(O)O. The Kier molecular flexibility index (Phi) is 2.10. The Hall–Kier alpha value is -0.680. The lowest BCUT2D eigenvalue weighted by molar-refractivity contribution is 0.358. The maximum absolute atomic E-state index is 10.6. The molecular formula is C4H8N3O3P. The van der Waals surface area contributed by atoms with Gasteiger partial charge in [0.1, 0.15) is 5.78 Å². The van der Waals surface area contributed by atoms with Gasteiger partial charge in [0.25, 0.3) is 0 Å². The molecule has 0 saturated carbocycles. The van der Waals surface area contributed by atoms with Gasteiger partial charge in [0, 0.05) is 6.20 Å². The minimum atomic E-state index is -4.24. The summed E-state index contributed by atoms with van der Waals surface area (Å²) in [6, 6.07) is 1.42. The summed E-state index contributed by atoms with van der Waals surface area (Å²) in [5, 5.41) is 5.88. The summed E-state index contributed by atoms with van der Waals surface area (Å²) in [7, 11) is -4.24. The topological polar surface area (TPSA) is 112 Å². The molecule has 1 rings (SSSR count). The predicted octanol–water partition coefficient (Wildman–Crippen LogP) is -0.455. The molecule has 62 valence electrons. The molecule has 1 heterocycles. The second kappa shape index (κ2) is 2.75. The maximum atomic E-state index is 10.6. The van der Waals surface area contributed by atoms with E-state index in [1.165, 1.54) is 12.3 Å². The van der Waals surface area contributed by atoms with Crippen LogP contribution in [0.25, 0.3) is 0 Å². The number of nitrogens with two attached hydrogens (primary N) is 1. The van der Waals surface area contributed by atoms with E-state index in [4.69, 9.17) is 15.5 Å². The number of aromatic nitrogens is 2. The molecule has 1 atom stereocenters. The van der Waals surface area contributed by atoms with Crippen LogP contribution in [0.15, 0.2) is 12.3 Å². The van der Waals surface area contributed by atoms with E-state index in [1.54, 1.807) is 0 Å². The molecule has 0 aliphatic heterocycles. The Balaban J connectivity index is 2.87. The molecule has 0 fully saturated rings. The summed E-state index contributed by atoms with van der Waals surface area (Å²) in [5.41, 5.74) is 5.42. The Morgan fingerprint density at radius 3 is 2.73 bits per heavy atom. The summed E-state index contributed by atoms with van der Waals surface area (Å²) >= 11 is 0. The third-order valence-corrected chi connectivity index (χ3v) is 2.21. The zero-order chi connectivity index (χ0) is 8.48. The van der Waals surface area contributed by atoms with Gasteiger partial charge in [-0.05, 0) is 6.07 Å². The van der Waals surface area contributed by atoms with Crippen molar-refractivity contribution in [1.29, 1.82) is 0 Å². The molecule has 0 spiro atoms. The summed E-state index contributed by atoms with van der Waals surface area (Å²) < 4.78 is 10.6. The molecule has 0 aromatic carbocycles. The van der Waals surface area contributed by atoms with Crippen LogP contribution in [0.2, 0.25) is 0 Å². The van der Waals surface area contributed by atoms with Crippen LogP contribution >= 0.6 is 7.60 Å². The quantitative estimate of drug-likeness (QED) is 0.457. The first kappa shape index (κ1) is 8.42. The van der Waals surface area contributed by atoms with Crippen molar-refractivity contribution in [2.45, 2.75) is 5.78 Å². The zero-order valence-corrected chi connectivity index (χ0v) is 6.40. The van der Waals surface area contributed by atoms with Gasteiger partial charge in [-0.1, -0.05) is 0 Å². The fraction of sp³-hybridized carbons (Fsp3) is 0.250. The van der Waals surface area contributed by atoms with Crippen LogP contribution in [0.5, 0.6) is 0 Å². The van der Waals surface area contributed by atoms with Crippen LogP contribution in [-0.4, -0.2) is 20.0 Å². The van der Waals surface area contributed by atoms with Crippen LogP contribution < -0.4 is 5.73 Å². The molecule has 11 heavy (non-hydrogen) atoms. The maximum Gasteiger partial charge on any atom is 0.348 e. The van der Waals surface area contributed by atoms with Crippen molar-refractivity contribution in [1.82, 2.24) is 10.2 Å². The van der Waals surface area contributed by atoms with E-state index in [-0.39, 0.29) is 5.69 Å². The normalized spacial score (nSPS) is 14.8. The van der Waals surface area contributed by atoms with E-state index in [2.05, 4.69) is 10.2 Å². The molecule has 6 nitrogen and oxygen atoms in total. The van der Waals surface area contributed by atoms with Crippen LogP contribution in [0, 0.1) is 0 Å². The summed E-state index contributed by atoms with van der Waals surface area (Å²) in [4.78, 5) is 17.2. The molecule has 0 saturated heterocycles. The average molecular weight is 177 g/mol. The first-order chi connectivity index (χ1) is 5.02. The molecule has 1 aromatic heterocycles. The smallest absolute Gasteiger partial charge is 0.323 e. The van der Waals surface area contributed by atoms with Gasteiger partial charge in [-0.15, -0.1) is 0 Å². The van der Waals surface area contributed by atoms with Gasteiger partial charge < -0.3 is 15.5 Å². The number of nitrogens with zero attached hydrogens (tertiary/aromatic N) is 1. The lowest BCUT2D eigenvalue weighted by atomic mass is 10.4. The van der Waals surface area contributed by atoms with Crippen LogP contribution in [-0.2, 0) is 4.57 Å². The standard InChI is InChI=1S/C4H8N3O3P/c5-4(11(8,9)10)3-1-2-6-7-3/h1-2,4H,5H2,(H,6,7)(H2,8,9,10). The number of aromatic amines is 1. The van der Waals surface area contributed by atoms with Gasteiger partial charge in [-0.3, -0.25) is 9.66 Å². The number of hydrogen-bond donors (Lipinski definition) is 4. The molecular weight excluding hydrogens is 169 g/mol.